The average molecular weight is 323 g/mol. The van der Waals surface area contributed by atoms with Gasteiger partial charge < -0.3 is 14.7 Å². The number of carbonyl (C=O) groups is 1. The van der Waals surface area contributed by atoms with Crippen LogP contribution in [0, 0.1) is 5.92 Å². The molecule has 2 aliphatic heterocycles. The van der Waals surface area contributed by atoms with Crippen molar-refractivity contribution in [1.82, 2.24) is 4.90 Å². The molecule has 0 aromatic heterocycles. The van der Waals surface area contributed by atoms with Crippen molar-refractivity contribution in [2.45, 2.75) is 108 Å². The number of carbonyl (C=O) groups excluding carboxylic acids is 1. The lowest BCUT2D eigenvalue weighted by atomic mass is 9.75. The maximum Gasteiger partial charge on any atom is 0.410 e. The van der Waals surface area contributed by atoms with Gasteiger partial charge in [0.2, 0.25) is 0 Å². The normalized spacial score (nSPS) is 35.4. The largest absolute Gasteiger partial charge is 0.444 e. The summed E-state index contributed by atoms with van der Waals surface area (Å²) >= 11 is 0. The third-order valence-electron chi connectivity index (χ3n) is 5.85. The molecule has 3 rings (SSSR count). The van der Waals surface area contributed by atoms with Crippen molar-refractivity contribution in [1.29, 1.82) is 0 Å². The third kappa shape index (κ3) is 4.01. The van der Waals surface area contributed by atoms with Gasteiger partial charge in [0.15, 0.2) is 0 Å². The van der Waals surface area contributed by atoms with Crippen LogP contribution in [-0.2, 0) is 4.74 Å². The molecule has 0 radical (unpaired) electrons. The Kier molecular flexibility index (Phi) is 4.65. The number of hydrogen-bond acceptors (Lipinski definition) is 3. The number of ether oxygens (including phenoxy) is 1. The predicted molar refractivity (Wildman–Crippen MR) is 90.3 cm³/mol. The topological polar surface area (TPSA) is 49.8 Å². The monoisotopic (exact) mass is 323 g/mol. The lowest BCUT2D eigenvalue weighted by molar-refractivity contribution is -0.0720. The van der Waals surface area contributed by atoms with Crippen LogP contribution in [0.5, 0.6) is 0 Å². The van der Waals surface area contributed by atoms with Crippen LogP contribution in [0.3, 0.4) is 0 Å². The standard InChI is InChI=1S/C19H33NO3/c1-18(2,3)23-17(21)20-15-9-10-16(20)13-19(22,12-15)11-14-7-5-4-6-8-14/h14-16,22H,4-13H2,1-3H3. The Hall–Kier alpha value is -0.770. The summed E-state index contributed by atoms with van der Waals surface area (Å²) in [6.07, 6.45) is 10.8. The number of rotatable bonds is 2. The maximum atomic E-state index is 12.5. The quantitative estimate of drug-likeness (QED) is 0.826. The van der Waals surface area contributed by atoms with E-state index in [-0.39, 0.29) is 18.2 Å². The van der Waals surface area contributed by atoms with Crippen molar-refractivity contribution < 1.29 is 14.6 Å². The Labute approximate surface area is 140 Å². The minimum absolute atomic E-state index is 0.164. The second-order valence-corrected chi connectivity index (χ2v) is 9.11. The van der Waals surface area contributed by atoms with Gasteiger partial charge in [-0.3, -0.25) is 0 Å². The van der Waals surface area contributed by atoms with E-state index in [0.29, 0.717) is 5.92 Å². The summed E-state index contributed by atoms with van der Waals surface area (Å²) in [5, 5.41) is 11.2. The van der Waals surface area contributed by atoms with Crippen LogP contribution in [0.25, 0.3) is 0 Å². The fourth-order valence-corrected chi connectivity index (χ4v) is 5.03. The molecular weight excluding hydrogens is 290 g/mol. The summed E-state index contributed by atoms with van der Waals surface area (Å²) in [6.45, 7) is 5.74. The maximum absolute atomic E-state index is 12.5. The number of hydrogen-bond donors (Lipinski definition) is 1. The summed E-state index contributed by atoms with van der Waals surface area (Å²) in [6, 6.07) is 0.328. The summed E-state index contributed by atoms with van der Waals surface area (Å²) in [5.41, 5.74) is -1.02. The van der Waals surface area contributed by atoms with E-state index >= 15 is 0 Å². The lowest BCUT2D eigenvalue weighted by Gasteiger charge is -2.45. The first-order valence-corrected chi connectivity index (χ1v) is 9.49. The van der Waals surface area contributed by atoms with Gasteiger partial charge in [0.05, 0.1) is 5.60 Å². The minimum Gasteiger partial charge on any atom is -0.444 e. The first-order valence-electron chi connectivity index (χ1n) is 9.49. The van der Waals surface area contributed by atoms with Gasteiger partial charge in [-0.05, 0) is 58.8 Å². The Morgan fingerprint density at radius 3 is 2.17 bits per heavy atom. The summed E-state index contributed by atoms with van der Waals surface area (Å²) in [7, 11) is 0. The molecule has 3 fully saturated rings. The molecule has 2 bridgehead atoms. The van der Waals surface area contributed by atoms with Crippen LogP contribution in [0.1, 0.15) is 85.0 Å². The number of piperidine rings is 1. The Morgan fingerprint density at radius 2 is 1.65 bits per heavy atom. The fraction of sp³-hybridized carbons (Fsp3) is 0.947. The predicted octanol–water partition coefficient (Wildman–Crippen LogP) is 4.25. The number of nitrogens with zero attached hydrogens (tertiary/aromatic N) is 1. The molecule has 1 amide bonds. The van der Waals surface area contributed by atoms with Gasteiger partial charge in [-0.15, -0.1) is 0 Å². The number of fused-ring (bicyclic) bond motifs is 2. The summed E-state index contributed by atoms with van der Waals surface area (Å²) < 4.78 is 5.58. The van der Waals surface area contributed by atoms with Gasteiger partial charge >= 0.3 is 6.09 Å². The van der Waals surface area contributed by atoms with Crippen molar-refractivity contribution in [2.75, 3.05) is 0 Å². The van der Waals surface area contributed by atoms with Gasteiger partial charge in [0, 0.05) is 12.1 Å². The van der Waals surface area contributed by atoms with Crippen LogP contribution >= 0.6 is 0 Å². The first-order chi connectivity index (χ1) is 10.8. The summed E-state index contributed by atoms with van der Waals surface area (Å²) in [4.78, 5) is 14.4. The minimum atomic E-state index is -0.563. The van der Waals surface area contributed by atoms with Gasteiger partial charge in [-0.25, -0.2) is 4.79 Å². The van der Waals surface area contributed by atoms with E-state index in [4.69, 9.17) is 4.74 Å². The Morgan fingerprint density at radius 1 is 1.09 bits per heavy atom. The molecule has 2 heterocycles. The number of aliphatic hydroxyl groups is 1. The molecule has 2 atom stereocenters. The van der Waals surface area contributed by atoms with Crippen molar-refractivity contribution in [3.63, 3.8) is 0 Å². The fourth-order valence-electron chi connectivity index (χ4n) is 5.03. The molecule has 4 heteroatoms. The van der Waals surface area contributed by atoms with E-state index in [9.17, 15) is 9.90 Å². The van der Waals surface area contributed by atoms with Gasteiger partial charge in [0.1, 0.15) is 5.60 Å². The van der Waals surface area contributed by atoms with E-state index in [2.05, 4.69) is 0 Å². The highest BCUT2D eigenvalue weighted by atomic mass is 16.6. The molecule has 132 valence electrons. The molecule has 0 aromatic carbocycles. The van der Waals surface area contributed by atoms with E-state index in [0.717, 1.165) is 32.1 Å². The zero-order chi connectivity index (χ0) is 16.7. The molecule has 0 aromatic rings. The Balaban J connectivity index is 1.62. The molecule has 1 N–H and O–H groups in total. The second-order valence-electron chi connectivity index (χ2n) is 9.11. The second kappa shape index (κ2) is 6.27. The highest BCUT2D eigenvalue weighted by Crippen LogP contribution is 2.45. The van der Waals surface area contributed by atoms with Gasteiger partial charge in [-0.1, -0.05) is 32.1 Å². The Bertz CT molecular complexity index is 422. The number of amides is 1. The van der Waals surface area contributed by atoms with Crippen LogP contribution in [-0.4, -0.2) is 39.4 Å². The van der Waals surface area contributed by atoms with Crippen LogP contribution < -0.4 is 0 Å². The molecule has 2 saturated heterocycles. The molecule has 3 aliphatic rings. The van der Waals surface area contributed by atoms with Crippen LogP contribution in [0.15, 0.2) is 0 Å². The zero-order valence-electron chi connectivity index (χ0n) is 15.0. The molecule has 4 nitrogen and oxygen atoms in total. The van der Waals surface area contributed by atoms with Crippen LogP contribution in [0.2, 0.25) is 0 Å². The molecule has 2 unspecified atom stereocenters. The van der Waals surface area contributed by atoms with E-state index in [1.54, 1.807) is 0 Å². The zero-order valence-corrected chi connectivity index (χ0v) is 15.0. The highest BCUT2D eigenvalue weighted by molar-refractivity contribution is 5.69. The lowest BCUT2D eigenvalue weighted by Crippen LogP contribution is -2.54. The molecule has 23 heavy (non-hydrogen) atoms. The highest BCUT2D eigenvalue weighted by Gasteiger charge is 2.50. The van der Waals surface area contributed by atoms with Crippen molar-refractivity contribution in [2.24, 2.45) is 5.92 Å². The third-order valence-corrected chi connectivity index (χ3v) is 5.85. The van der Waals surface area contributed by atoms with E-state index < -0.39 is 11.2 Å². The summed E-state index contributed by atoms with van der Waals surface area (Å²) in [5.74, 6) is 0.682. The van der Waals surface area contributed by atoms with Gasteiger partial charge in [0.25, 0.3) is 0 Å². The van der Waals surface area contributed by atoms with Gasteiger partial charge in [-0.2, -0.15) is 0 Å². The van der Waals surface area contributed by atoms with Crippen LogP contribution in [0.4, 0.5) is 4.79 Å². The molecule has 1 aliphatic carbocycles. The van der Waals surface area contributed by atoms with E-state index in [1.165, 1.54) is 32.1 Å². The first kappa shape index (κ1) is 17.1. The van der Waals surface area contributed by atoms with Crippen molar-refractivity contribution in [3.8, 4) is 0 Å². The molecule has 0 spiro atoms. The SMILES string of the molecule is CC(C)(C)OC(=O)N1C2CCC1CC(O)(CC1CCCCC1)C2. The van der Waals surface area contributed by atoms with Crippen molar-refractivity contribution in [3.05, 3.63) is 0 Å². The van der Waals surface area contributed by atoms with Crippen molar-refractivity contribution >= 4 is 6.09 Å². The molecule has 1 saturated carbocycles. The molecular formula is C19H33NO3. The smallest absolute Gasteiger partial charge is 0.410 e. The van der Waals surface area contributed by atoms with E-state index in [1.807, 2.05) is 25.7 Å². The average Bonchev–Trinajstić information content (AvgIpc) is 2.71.